The van der Waals surface area contributed by atoms with Crippen LogP contribution in [0.3, 0.4) is 0 Å². The van der Waals surface area contributed by atoms with Crippen molar-refractivity contribution >= 4 is 48.0 Å². The number of benzene rings is 2. The number of esters is 6. The number of hydrogen-bond acceptors (Lipinski definition) is 16. The summed E-state index contributed by atoms with van der Waals surface area (Å²) in [6, 6.07) is 11.8. The lowest BCUT2D eigenvalue weighted by molar-refractivity contribution is -0.139. The summed E-state index contributed by atoms with van der Waals surface area (Å²) in [5, 5.41) is 5.84. The molecule has 2 aromatic carbocycles. The van der Waals surface area contributed by atoms with E-state index in [2.05, 4.69) is 23.8 Å². The van der Waals surface area contributed by atoms with Crippen molar-refractivity contribution in [3.8, 4) is 0 Å². The molecule has 2 N–H and O–H groups in total. The highest BCUT2D eigenvalue weighted by Crippen LogP contribution is 2.35. The Morgan fingerprint density at radius 3 is 1.14 bits per heavy atom. The van der Waals surface area contributed by atoms with Gasteiger partial charge in [-0.05, 0) is 108 Å². The minimum atomic E-state index is -0.798. The van der Waals surface area contributed by atoms with E-state index in [0.717, 1.165) is 69.9 Å². The van der Waals surface area contributed by atoms with E-state index in [1.807, 2.05) is 0 Å². The van der Waals surface area contributed by atoms with E-state index in [-0.39, 0.29) is 74.0 Å². The zero-order valence-electron chi connectivity index (χ0n) is 36.8. The van der Waals surface area contributed by atoms with Crippen LogP contribution in [0.25, 0.3) is 0 Å². The number of rotatable bonds is 22. The first-order valence-corrected chi connectivity index (χ1v) is 21.6. The van der Waals surface area contributed by atoms with E-state index in [1.54, 1.807) is 38.1 Å². The zero-order chi connectivity index (χ0) is 47.1. The van der Waals surface area contributed by atoms with Crippen LogP contribution in [0, 0.1) is 11.8 Å². The summed E-state index contributed by atoms with van der Waals surface area (Å²) in [5.74, 6) is -3.47. The number of alkyl carbamates (subject to hydrolysis) is 2. The fraction of sp³-hybridized carbons (Fsp3) is 0.489. The van der Waals surface area contributed by atoms with E-state index >= 15 is 0 Å². The molecule has 2 amide bonds. The molecular weight excluding hydrogens is 849 g/mol. The lowest BCUT2D eigenvalue weighted by Gasteiger charge is -2.34. The highest BCUT2D eigenvalue weighted by atomic mass is 16.6. The summed E-state index contributed by atoms with van der Waals surface area (Å²) in [6.45, 7) is 8.47. The van der Waals surface area contributed by atoms with Crippen LogP contribution >= 0.6 is 0 Å². The number of carbonyl (C=O) groups excluding carboxylic acids is 8. The lowest BCUT2D eigenvalue weighted by Crippen LogP contribution is -2.41. The van der Waals surface area contributed by atoms with E-state index in [4.69, 9.17) is 37.9 Å². The molecule has 2 aliphatic rings. The van der Waals surface area contributed by atoms with Crippen molar-refractivity contribution in [1.82, 2.24) is 10.6 Å². The van der Waals surface area contributed by atoms with Crippen molar-refractivity contribution in [3.63, 3.8) is 0 Å². The summed E-state index contributed by atoms with van der Waals surface area (Å²) in [6.07, 6.45) is 7.33. The molecule has 18 heteroatoms. The lowest BCUT2D eigenvalue weighted by atomic mass is 9.76. The molecule has 352 valence electrons. The maximum atomic E-state index is 12.8. The average Bonchev–Trinajstić information content (AvgIpc) is 3.30. The number of hydrogen-bond donors (Lipinski definition) is 2. The SMILES string of the molecule is C=CC(=O)OCCOC(=O)c1ccccc1C(=O)OCC(C)OC(=O)NC1CCC(CC2CCC(NC(=O)OC(C)COC(=O)c3ccccc3C(=O)OCCOC(=O)C=C)CC2)CC1. The van der Waals surface area contributed by atoms with Gasteiger partial charge >= 0.3 is 48.0 Å². The quantitative estimate of drug-likeness (QED) is 0.0578. The van der Waals surface area contributed by atoms with Gasteiger partial charge < -0.3 is 48.5 Å². The second-order valence-electron chi connectivity index (χ2n) is 15.7. The molecule has 0 radical (unpaired) electrons. The third-order valence-electron chi connectivity index (χ3n) is 10.7. The molecular formula is C47H58N2O16. The Balaban J connectivity index is 1.07. The third kappa shape index (κ3) is 17.8. The van der Waals surface area contributed by atoms with Crippen molar-refractivity contribution in [1.29, 1.82) is 0 Å². The van der Waals surface area contributed by atoms with Crippen molar-refractivity contribution < 1.29 is 76.3 Å². The molecule has 2 aromatic rings. The van der Waals surface area contributed by atoms with Crippen LogP contribution in [0.5, 0.6) is 0 Å². The van der Waals surface area contributed by atoms with Gasteiger partial charge in [-0.25, -0.2) is 38.4 Å². The Hall–Kier alpha value is -6.72. The summed E-state index contributed by atoms with van der Waals surface area (Å²) in [5.41, 5.74) is -0.119. The second kappa shape index (κ2) is 26.8. The maximum Gasteiger partial charge on any atom is 0.407 e. The van der Waals surface area contributed by atoms with Gasteiger partial charge in [-0.3, -0.25) is 0 Å². The van der Waals surface area contributed by atoms with Gasteiger partial charge in [0.1, 0.15) is 51.8 Å². The predicted octanol–water partition coefficient (Wildman–Crippen LogP) is 6.21. The molecule has 0 saturated heterocycles. The number of carbonyl (C=O) groups is 8. The van der Waals surface area contributed by atoms with Crippen LogP contribution in [0.4, 0.5) is 9.59 Å². The smallest absolute Gasteiger partial charge is 0.407 e. The Labute approximate surface area is 377 Å². The molecule has 2 aliphatic carbocycles. The zero-order valence-corrected chi connectivity index (χ0v) is 36.8. The van der Waals surface area contributed by atoms with E-state index < -0.39 is 60.2 Å². The molecule has 2 unspecified atom stereocenters. The van der Waals surface area contributed by atoms with Crippen LogP contribution in [-0.4, -0.2) is 112 Å². The van der Waals surface area contributed by atoms with Crippen LogP contribution in [0.15, 0.2) is 73.8 Å². The molecule has 65 heavy (non-hydrogen) atoms. The van der Waals surface area contributed by atoms with Gasteiger partial charge in [-0.2, -0.15) is 0 Å². The summed E-state index contributed by atoms with van der Waals surface area (Å²) < 4.78 is 41.3. The van der Waals surface area contributed by atoms with Gasteiger partial charge in [-0.15, -0.1) is 0 Å². The first-order chi connectivity index (χ1) is 31.3. The van der Waals surface area contributed by atoms with Gasteiger partial charge in [0.2, 0.25) is 0 Å². The second-order valence-corrected chi connectivity index (χ2v) is 15.7. The molecule has 0 aliphatic heterocycles. The summed E-state index contributed by atoms with van der Waals surface area (Å²) >= 11 is 0. The minimum absolute atomic E-state index is 0.0298. The first kappa shape index (κ1) is 50.9. The number of nitrogens with one attached hydrogen (secondary N) is 2. The van der Waals surface area contributed by atoms with E-state index in [9.17, 15) is 38.4 Å². The van der Waals surface area contributed by atoms with E-state index in [1.165, 1.54) is 24.3 Å². The monoisotopic (exact) mass is 906 g/mol. The minimum Gasteiger partial charge on any atom is -0.459 e. The molecule has 18 nitrogen and oxygen atoms in total. The Morgan fingerprint density at radius 2 is 0.815 bits per heavy atom. The largest absolute Gasteiger partial charge is 0.459 e. The normalized spacial score (nSPS) is 18.7. The molecule has 0 spiro atoms. The molecule has 2 saturated carbocycles. The van der Waals surface area contributed by atoms with Gasteiger partial charge in [0, 0.05) is 24.2 Å². The van der Waals surface area contributed by atoms with Gasteiger partial charge in [-0.1, -0.05) is 37.4 Å². The van der Waals surface area contributed by atoms with Gasteiger partial charge in [0.05, 0.1) is 22.3 Å². The molecule has 2 fully saturated rings. The fourth-order valence-corrected chi connectivity index (χ4v) is 7.44. The number of ether oxygens (including phenoxy) is 8. The summed E-state index contributed by atoms with van der Waals surface area (Å²) in [7, 11) is 0. The molecule has 4 rings (SSSR count). The molecule has 2 atom stereocenters. The standard InChI is InChI=1S/C47H58N2O16/c1-5-40(50)58-23-25-60-42(52)36-11-7-9-13-38(36)44(54)62-28-30(3)64-46(56)48-34-19-15-32(16-20-34)27-33-17-21-35(22-18-33)49-47(57)65-31(4)29-63-45(55)39-14-10-8-12-37(39)43(53)61-26-24-59-41(51)6-2/h5-14,30-35H,1-2,15-29H2,3-4H3,(H,48,56)(H,49,57). The van der Waals surface area contributed by atoms with Gasteiger partial charge in [0.15, 0.2) is 0 Å². The van der Waals surface area contributed by atoms with Crippen LogP contribution < -0.4 is 10.6 Å². The number of amides is 2. The average molecular weight is 907 g/mol. The molecule has 0 bridgehead atoms. The summed E-state index contributed by atoms with van der Waals surface area (Å²) in [4.78, 5) is 98.4. The van der Waals surface area contributed by atoms with Crippen LogP contribution in [0.1, 0.15) is 113 Å². The Morgan fingerprint density at radius 1 is 0.508 bits per heavy atom. The maximum absolute atomic E-state index is 12.8. The highest BCUT2D eigenvalue weighted by molar-refractivity contribution is 6.04. The van der Waals surface area contributed by atoms with Crippen LogP contribution in [0.2, 0.25) is 0 Å². The molecule has 0 aromatic heterocycles. The molecule has 0 heterocycles. The third-order valence-corrected chi connectivity index (χ3v) is 10.7. The Bertz CT molecular complexity index is 1850. The topological polar surface area (TPSA) is 234 Å². The van der Waals surface area contributed by atoms with Crippen molar-refractivity contribution in [3.05, 3.63) is 96.1 Å². The van der Waals surface area contributed by atoms with E-state index in [0.29, 0.717) is 11.8 Å². The first-order valence-electron chi connectivity index (χ1n) is 21.6. The Kier molecular flexibility index (Phi) is 21.0. The van der Waals surface area contributed by atoms with Gasteiger partial charge in [0.25, 0.3) is 0 Å². The van der Waals surface area contributed by atoms with Crippen molar-refractivity contribution in [2.75, 3.05) is 39.6 Å². The van der Waals surface area contributed by atoms with Crippen LogP contribution in [-0.2, 0) is 47.5 Å². The fourth-order valence-electron chi connectivity index (χ4n) is 7.44. The highest BCUT2D eigenvalue weighted by Gasteiger charge is 2.30. The van der Waals surface area contributed by atoms with Crippen molar-refractivity contribution in [2.45, 2.75) is 95.9 Å². The predicted molar refractivity (Wildman–Crippen MR) is 231 cm³/mol. The van der Waals surface area contributed by atoms with Crippen molar-refractivity contribution in [2.24, 2.45) is 11.8 Å².